The fourth-order valence-electron chi connectivity index (χ4n) is 1.30. The Kier molecular flexibility index (Phi) is 4.49. The Balaban J connectivity index is 2.64. The summed E-state index contributed by atoms with van der Waals surface area (Å²) in [5.41, 5.74) is 0. The van der Waals surface area contributed by atoms with Gasteiger partial charge in [0.25, 0.3) is 0 Å². The van der Waals surface area contributed by atoms with Crippen LogP contribution in [0.3, 0.4) is 0 Å². The lowest BCUT2D eigenvalue weighted by Gasteiger charge is -2.08. The molecule has 0 saturated heterocycles. The minimum absolute atomic E-state index is 0.00765. The molecule has 1 rings (SSSR count). The van der Waals surface area contributed by atoms with Crippen molar-refractivity contribution in [2.45, 2.75) is 32.1 Å². The van der Waals surface area contributed by atoms with Gasteiger partial charge < -0.3 is 9.73 Å². The van der Waals surface area contributed by atoms with Crippen molar-refractivity contribution in [1.29, 1.82) is 0 Å². The van der Waals surface area contributed by atoms with E-state index in [-0.39, 0.29) is 11.8 Å². The normalized spacial score (nSPS) is 13.9. The van der Waals surface area contributed by atoms with E-state index in [4.69, 9.17) is 4.42 Å². The SMILES string of the molecule is CCCNC(C)c1ncc(CS(C)(=O)=O)o1. The fourth-order valence-corrected chi connectivity index (χ4v) is 1.95. The van der Waals surface area contributed by atoms with Gasteiger partial charge in [0, 0.05) is 6.26 Å². The summed E-state index contributed by atoms with van der Waals surface area (Å²) >= 11 is 0. The third-order valence-electron chi connectivity index (χ3n) is 2.05. The van der Waals surface area contributed by atoms with Crippen LogP contribution in [0.4, 0.5) is 0 Å². The van der Waals surface area contributed by atoms with Gasteiger partial charge in [-0.1, -0.05) is 6.92 Å². The molecule has 16 heavy (non-hydrogen) atoms. The van der Waals surface area contributed by atoms with Crippen molar-refractivity contribution in [2.24, 2.45) is 0 Å². The summed E-state index contributed by atoms with van der Waals surface area (Å²) in [6, 6.07) is 0.00765. The number of hydrogen-bond acceptors (Lipinski definition) is 5. The Morgan fingerprint density at radius 3 is 2.81 bits per heavy atom. The van der Waals surface area contributed by atoms with E-state index in [2.05, 4.69) is 17.2 Å². The van der Waals surface area contributed by atoms with E-state index in [1.807, 2.05) is 6.92 Å². The predicted molar refractivity (Wildman–Crippen MR) is 61.8 cm³/mol. The minimum Gasteiger partial charge on any atom is -0.443 e. The van der Waals surface area contributed by atoms with E-state index in [0.29, 0.717) is 11.7 Å². The molecule has 1 heterocycles. The first-order valence-corrected chi connectivity index (χ1v) is 7.34. The van der Waals surface area contributed by atoms with Crippen LogP contribution < -0.4 is 5.32 Å². The fraction of sp³-hybridized carbons (Fsp3) is 0.700. The summed E-state index contributed by atoms with van der Waals surface area (Å²) in [6.07, 6.45) is 3.68. The summed E-state index contributed by atoms with van der Waals surface area (Å²) < 4.78 is 27.5. The molecule has 0 aliphatic rings. The highest BCUT2D eigenvalue weighted by atomic mass is 32.2. The molecule has 0 aliphatic carbocycles. The van der Waals surface area contributed by atoms with Crippen LogP contribution in [0.1, 0.15) is 38.0 Å². The van der Waals surface area contributed by atoms with E-state index >= 15 is 0 Å². The average molecular weight is 246 g/mol. The van der Waals surface area contributed by atoms with Crippen molar-refractivity contribution in [3.63, 3.8) is 0 Å². The summed E-state index contributed by atoms with van der Waals surface area (Å²) in [5, 5.41) is 3.22. The molecule has 0 saturated carbocycles. The van der Waals surface area contributed by atoms with Crippen molar-refractivity contribution in [1.82, 2.24) is 10.3 Å². The minimum atomic E-state index is -3.06. The lowest BCUT2D eigenvalue weighted by Crippen LogP contribution is -2.19. The summed E-state index contributed by atoms with van der Waals surface area (Å²) in [6.45, 7) is 4.89. The number of aromatic nitrogens is 1. The maximum Gasteiger partial charge on any atom is 0.211 e. The van der Waals surface area contributed by atoms with Crippen LogP contribution in [0.2, 0.25) is 0 Å². The quantitative estimate of drug-likeness (QED) is 0.818. The first kappa shape index (κ1) is 13.2. The zero-order valence-corrected chi connectivity index (χ0v) is 10.7. The molecule has 0 radical (unpaired) electrons. The van der Waals surface area contributed by atoms with Gasteiger partial charge in [0.05, 0.1) is 12.2 Å². The average Bonchev–Trinajstić information content (AvgIpc) is 2.59. The number of hydrogen-bond donors (Lipinski definition) is 1. The molecule has 6 heteroatoms. The van der Waals surface area contributed by atoms with E-state index in [1.54, 1.807) is 0 Å². The van der Waals surface area contributed by atoms with Gasteiger partial charge in [0.15, 0.2) is 9.84 Å². The first-order valence-electron chi connectivity index (χ1n) is 5.28. The zero-order valence-electron chi connectivity index (χ0n) is 9.86. The van der Waals surface area contributed by atoms with Crippen molar-refractivity contribution >= 4 is 9.84 Å². The molecule has 0 aliphatic heterocycles. The lowest BCUT2D eigenvalue weighted by atomic mass is 10.3. The maximum absolute atomic E-state index is 11.0. The highest BCUT2D eigenvalue weighted by Gasteiger charge is 2.14. The lowest BCUT2D eigenvalue weighted by molar-refractivity contribution is 0.400. The van der Waals surface area contributed by atoms with Crippen molar-refractivity contribution in [3.8, 4) is 0 Å². The largest absolute Gasteiger partial charge is 0.443 e. The van der Waals surface area contributed by atoms with E-state index in [1.165, 1.54) is 12.5 Å². The van der Waals surface area contributed by atoms with Crippen molar-refractivity contribution < 1.29 is 12.8 Å². The number of nitrogens with zero attached hydrogens (tertiary/aromatic N) is 1. The van der Waals surface area contributed by atoms with E-state index in [9.17, 15) is 8.42 Å². The van der Waals surface area contributed by atoms with Gasteiger partial charge in [-0.2, -0.15) is 0 Å². The Labute approximate surface area is 96.2 Å². The molecule has 1 aromatic rings. The van der Waals surface area contributed by atoms with Crippen molar-refractivity contribution in [3.05, 3.63) is 17.8 Å². The van der Waals surface area contributed by atoms with Crippen LogP contribution in [0.25, 0.3) is 0 Å². The second-order valence-corrected chi connectivity index (χ2v) is 6.05. The molecule has 0 bridgehead atoms. The first-order chi connectivity index (χ1) is 7.42. The number of sulfone groups is 1. The van der Waals surface area contributed by atoms with Crippen LogP contribution in [0.5, 0.6) is 0 Å². The molecule has 0 aromatic carbocycles. The predicted octanol–water partition coefficient (Wildman–Crippen LogP) is 1.28. The molecule has 92 valence electrons. The van der Waals surface area contributed by atoms with Crippen LogP contribution in [0, 0.1) is 0 Å². The summed E-state index contributed by atoms with van der Waals surface area (Å²) in [5.74, 6) is 0.829. The topological polar surface area (TPSA) is 72.2 Å². The Morgan fingerprint density at radius 2 is 2.25 bits per heavy atom. The maximum atomic E-state index is 11.0. The molecule has 0 fully saturated rings. The van der Waals surface area contributed by atoms with Gasteiger partial charge >= 0.3 is 0 Å². The molecule has 0 amide bonds. The summed E-state index contributed by atoms with van der Waals surface area (Å²) in [4.78, 5) is 4.06. The summed E-state index contributed by atoms with van der Waals surface area (Å²) in [7, 11) is -3.06. The number of oxazole rings is 1. The van der Waals surface area contributed by atoms with Gasteiger partial charge in [-0.15, -0.1) is 0 Å². The molecule has 1 aromatic heterocycles. The molecular weight excluding hydrogens is 228 g/mol. The van der Waals surface area contributed by atoms with Crippen LogP contribution in [0.15, 0.2) is 10.6 Å². The van der Waals surface area contributed by atoms with Crippen LogP contribution in [-0.4, -0.2) is 26.2 Å². The standard InChI is InChI=1S/C10H18N2O3S/c1-4-5-11-8(2)10-12-6-9(15-10)7-16(3,13)14/h6,8,11H,4-5,7H2,1-3H3. The van der Waals surface area contributed by atoms with Crippen molar-refractivity contribution in [2.75, 3.05) is 12.8 Å². The second-order valence-electron chi connectivity index (χ2n) is 3.91. The van der Waals surface area contributed by atoms with E-state index in [0.717, 1.165) is 13.0 Å². The van der Waals surface area contributed by atoms with Gasteiger partial charge in [0.2, 0.25) is 5.89 Å². The molecule has 1 atom stereocenters. The number of nitrogens with one attached hydrogen (secondary N) is 1. The van der Waals surface area contributed by atoms with Gasteiger partial charge in [-0.3, -0.25) is 0 Å². The van der Waals surface area contributed by atoms with Crippen LogP contribution >= 0.6 is 0 Å². The highest BCUT2D eigenvalue weighted by Crippen LogP contribution is 2.14. The second kappa shape index (κ2) is 5.45. The van der Waals surface area contributed by atoms with Gasteiger partial charge in [0.1, 0.15) is 11.5 Å². The third kappa shape index (κ3) is 4.32. The highest BCUT2D eigenvalue weighted by molar-refractivity contribution is 7.89. The smallest absolute Gasteiger partial charge is 0.211 e. The monoisotopic (exact) mass is 246 g/mol. The van der Waals surface area contributed by atoms with Gasteiger partial charge in [-0.05, 0) is 19.9 Å². The van der Waals surface area contributed by atoms with Gasteiger partial charge in [-0.25, -0.2) is 13.4 Å². The molecule has 0 spiro atoms. The Morgan fingerprint density at radius 1 is 1.56 bits per heavy atom. The molecule has 1 N–H and O–H groups in total. The molecule has 1 unspecified atom stereocenters. The molecular formula is C10H18N2O3S. The molecule has 5 nitrogen and oxygen atoms in total. The number of rotatable bonds is 6. The third-order valence-corrected chi connectivity index (χ3v) is 2.86. The van der Waals surface area contributed by atoms with Crippen LogP contribution in [-0.2, 0) is 15.6 Å². The Bertz CT molecular complexity index is 425. The zero-order chi connectivity index (χ0) is 12.2. The Hall–Kier alpha value is -0.880. The van der Waals surface area contributed by atoms with E-state index < -0.39 is 9.84 Å².